The van der Waals surface area contributed by atoms with Crippen molar-refractivity contribution in [2.24, 2.45) is 0 Å². The summed E-state index contributed by atoms with van der Waals surface area (Å²) in [5, 5.41) is 8.82. The van der Waals surface area contributed by atoms with E-state index in [1.165, 1.54) is 4.68 Å². The van der Waals surface area contributed by atoms with Crippen molar-refractivity contribution in [3.63, 3.8) is 0 Å². The summed E-state index contributed by atoms with van der Waals surface area (Å²) in [5.74, 6) is 0.637. The molecule has 1 N–H and O–H groups in total. The molecule has 158 valence electrons. The lowest BCUT2D eigenvalue weighted by Crippen LogP contribution is -2.38. The zero-order chi connectivity index (χ0) is 21.6. The SMILES string of the molecule is CC(CCc1ccco1)NC(=O)Cn1nc(Cc2cccnc2)c2ccccc2c1=O. The number of benzene rings is 1. The fourth-order valence-corrected chi connectivity index (χ4v) is 3.58. The van der Waals surface area contributed by atoms with Crippen LogP contribution >= 0.6 is 0 Å². The van der Waals surface area contributed by atoms with Crippen molar-refractivity contribution in [1.29, 1.82) is 0 Å². The van der Waals surface area contributed by atoms with Crippen LogP contribution in [0.4, 0.5) is 0 Å². The molecule has 7 nitrogen and oxygen atoms in total. The lowest BCUT2D eigenvalue weighted by atomic mass is 10.1. The van der Waals surface area contributed by atoms with Crippen LogP contribution in [0.15, 0.2) is 76.4 Å². The van der Waals surface area contributed by atoms with Gasteiger partial charge in [-0.15, -0.1) is 0 Å². The molecule has 1 aromatic carbocycles. The van der Waals surface area contributed by atoms with Crippen molar-refractivity contribution in [2.45, 2.75) is 38.8 Å². The minimum absolute atomic E-state index is 0.0522. The summed E-state index contributed by atoms with van der Waals surface area (Å²) in [6.07, 6.45) is 7.13. The molecule has 0 fully saturated rings. The van der Waals surface area contributed by atoms with E-state index in [9.17, 15) is 9.59 Å². The molecule has 4 aromatic rings. The van der Waals surface area contributed by atoms with Gasteiger partial charge in [-0.05, 0) is 43.2 Å². The van der Waals surface area contributed by atoms with Crippen LogP contribution in [0.3, 0.4) is 0 Å². The van der Waals surface area contributed by atoms with Gasteiger partial charge in [0, 0.05) is 36.7 Å². The first-order valence-corrected chi connectivity index (χ1v) is 10.3. The molecule has 0 aliphatic rings. The number of aryl methyl sites for hydroxylation is 1. The van der Waals surface area contributed by atoms with Crippen LogP contribution in [0.25, 0.3) is 10.8 Å². The van der Waals surface area contributed by atoms with Gasteiger partial charge >= 0.3 is 0 Å². The summed E-state index contributed by atoms with van der Waals surface area (Å²) in [5.41, 5.74) is 1.45. The Balaban J connectivity index is 1.52. The number of pyridine rings is 1. The maximum Gasteiger partial charge on any atom is 0.275 e. The second-order valence-corrected chi connectivity index (χ2v) is 7.58. The maximum absolute atomic E-state index is 12.9. The molecule has 0 saturated carbocycles. The zero-order valence-corrected chi connectivity index (χ0v) is 17.3. The van der Waals surface area contributed by atoms with Crippen molar-refractivity contribution in [2.75, 3.05) is 0 Å². The number of fused-ring (bicyclic) bond motifs is 1. The van der Waals surface area contributed by atoms with Crippen LogP contribution in [0.5, 0.6) is 0 Å². The predicted octanol–water partition coefficient (Wildman–Crippen LogP) is 3.11. The van der Waals surface area contributed by atoms with Gasteiger partial charge in [0.25, 0.3) is 5.56 Å². The van der Waals surface area contributed by atoms with E-state index in [1.54, 1.807) is 24.7 Å². The number of rotatable bonds is 8. The monoisotopic (exact) mass is 416 g/mol. The summed E-state index contributed by atoms with van der Waals surface area (Å²) in [6, 6.07) is 14.9. The van der Waals surface area contributed by atoms with Crippen LogP contribution in [-0.4, -0.2) is 26.7 Å². The fraction of sp³-hybridized carbons (Fsp3) is 0.250. The Hall–Kier alpha value is -3.74. The average molecular weight is 416 g/mol. The zero-order valence-electron chi connectivity index (χ0n) is 17.3. The smallest absolute Gasteiger partial charge is 0.275 e. The van der Waals surface area contributed by atoms with Gasteiger partial charge in [-0.2, -0.15) is 5.10 Å². The standard InChI is InChI=1S/C24H24N4O3/c1-17(10-11-19-7-5-13-31-19)26-23(29)16-28-24(30)21-9-3-2-8-20(21)22(27-28)14-18-6-4-12-25-15-18/h2-9,12-13,15,17H,10-11,14,16H2,1H3,(H,26,29). The number of furan rings is 1. The van der Waals surface area contributed by atoms with Crippen molar-refractivity contribution in [1.82, 2.24) is 20.1 Å². The average Bonchev–Trinajstić information content (AvgIpc) is 3.30. The van der Waals surface area contributed by atoms with E-state index in [0.29, 0.717) is 11.8 Å². The van der Waals surface area contributed by atoms with Gasteiger partial charge < -0.3 is 9.73 Å². The molecular weight excluding hydrogens is 392 g/mol. The minimum Gasteiger partial charge on any atom is -0.469 e. The van der Waals surface area contributed by atoms with Crippen LogP contribution in [0, 0.1) is 0 Å². The van der Waals surface area contributed by atoms with Gasteiger partial charge in [-0.1, -0.05) is 24.3 Å². The van der Waals surface area contributed by atoms with Crippen molar-refractivity contribution in [3.05, 3.63) is 94.6 Å². The second-order valence-electron chi connectivity index (χ2n) is 7.58. The number of nitrogens with zero attached hydrogens (tertiary/aromatic N) is 3. The molecule has 0 radical (unpaired) electrons. The molecular formula is C24H24N4O3. The van der Waals surface area contributed by atoms with Gasteiger partial charge in [-0.25, -0.2) is 4.68 Å². The summed E-state index contributed by atoms with van der Waals surface area (Å²) in [4.78, 5) is 29.7. The van der Waals surface area contributed by atoms with Gasteiger partial charge in [-0.3, -0.25) is 14.6 Å². The van der Waals surface area contributed by atoms with Crippen LogP contribution in [0.2, 0.25) is 0 Å². The molecule has 3 aromatic heterocycles. The normalized spacial score (nSPS) is 12.0. The third-order valence-electron chi connectivity index (χ3n) is 5.14. The van der Waals surface area contributed by atoms with E-state index in [-0.39, 0.29) is 24.1 Å². The van der Waals surface area contributed by atoms with Gasteiger partial charge in [0.2, 0.25) is 5.91 Å². The summed E-state index contributed by atoms with van der Waals surface area (Å²) < 4.78 is 6.58. The summed E-state index contributed by atoms with van der Waals surface area (Å²) in [7, 11) is 0. The number of carbonyl (C=O) groups excluding carboxylic acids is 1. The van der Waals surface area contributed by atoms with Crippen LogP contribution in [-0.2, 0) is 24.2 Å². The molecule has 1 amide bonds. The Morgan fingerprint density at radius 2 is 1.97 bits per heavy atom. The van der Waals surface area contributed by atoms with E-state index in [1.807, 2.05) is 49.4 Å². The molecule has 0 aliphatic carbocycles. The molecule has 3 heterocycles. The Morgan fingerprint density at radius 1 is 1.13 bits per heavy atom. The molecule has 1 atom stereocenters. The number of aromatic nitrogens is 3. The van der Waals surface area contributed by atoms with Crippen molar-refractivity contribution < 1.29 is 9.21 Å². The third kappa shape index (κ3) is 5.06. The predicted molar refractivity (Wildman–Crippen MR) is 118 cm³/mol. The van der Waals surface area contributed by atoms with Gasteiger partial charge in [0.1, 0.15) is 12.3 Å². The third-order valence-corrected chi connectivity index (χ3v) is 5.14. The van der Waals surface area contributed by atoms with E-state index in [0.717, 1.165) is 35.2 Å². The molecule has 31 heavy (non-hydrogen) atoms. The minimum atomic E-state index is -0.274. The number of nitrogens with one attached hydrogen (secondary N) is 1. The van der Waals surface area contributed by atoms with Crippen molar-refractivity contribution >= 4 is 16.7 Å². The number of hydrogen-bond acceptors (Lipinski definition) is 5. The highest BCUT2D eigenvalue weighted by Crippen LogP contribution is 2.16. The quantitative estimate of drug-likeness (QED) is 0.477. The van der Waals surface area contributed by atoms with Gasteiger partial charge in [0.05, 0.1) is 17.3 Å². The fourth-order valence-electron chi connectivity index (χ4n) is 3.58. The second kappa shape index (κ2) is 9.38. The van der Waals surface area contributed by atoms with E-state index >= 15 is 0 Å². The Morgan fingerprint density at radius 3 is 2.71 bits per heavy atom. The lowest BCUT2D eigenvalue weighted by Gasteiger charge is -2.15. The van der Waals surface area contributed by atoms with Gasteiger partial charge in [0.15, 0.2) is 0 Å². The molecule has 0 saturated heterocycles. The highest BCUT2D eigenvalue weighted by Gasteiger charge is 2.15. The highest BCUT2D eigenvalue weighted by molar-refractivity contribution is 5.84. The molecule has 0 spiro atoms. The Labute approximate surface area is 179 Å². The van der Waals surface area contributed by atoms with Crippen molar-refractivity contribution in [3.8, 4) is 0 Å². The molecule has 1 unspecified atom stereocenters. The lowest BCUT2D eigenvalue weighted by molar-refractivity contribution is -0.122. The van der Waals surface area contributed by atoms with E-state index in [2.05, 4.69) is 15.4 Å². The summed E-state index contributed by atoms with van der Waals surface area (Å²) >= 11 is 0. The highest BCUT2D eigenvalue weighted by atomic mass is 16.3. The van der Waals surface area contributed by atoms with Crippen LogP contribution in [0.1, 0.15) is 30.4 Å². The molecule has 0 aliphatic heterocycles. The van der Waals surface area contributed by atoms with E-state index < -0.39 is 0 Å². The topological polar surface area (TPSA) is 90.0 Å². The number of amides is 1. The summed E-state index contributed by atoms with van der Waals surface area (Å²) in [6.45, 7) is 1.81. The number of carbonyl (C=O) groups is 1. The molecule has 7 heteroatoms. The molecule has 4 rings (SSSR count). The first-order chi connectivity index (χ1) is 15.1. The first-order valence-electron chi connectivity index (χ1n) is 10.3. The van der Waals surface area contributed by atoms with E-state index in [4.69, 9.17) is 4.42 Å². The number of hydrogen-bond donors (Lipinski definition) is 1. The Kier molecular flexibility index (Phi) is 6.21. The molecule has 0 bridgehead atoms. The first kappa shape index (κ1) is 20.5. The maximum atomic E-state index is 12.9. The van der Waals surface area contributed by atoms with Crippen LogP contribution < -0.4 is 10.9 Å². The Bertz CT molecular complexity index is 1220. The largest absolute Gasteiger partial charge is 0.469 e.